The molecule has 0 aliphatic heterocycles. The van der Waals surface area contributed by atoms with E-state index in [4.69, 9.17) is 10.8 Å². The normalized spacial score (nSPS) is 10.6. The lowest BCUT2D eigenvalue weighted by molar-refractivity contribution is 0.0690. The van der Waals surface area contributed by atoms with Gasteiger partial charge in [0.1, 0.15) is 0 Å². The summed E-state index contributed by atoms with van der Waals surface area (Å²) in [6, 6.07) is 3.89. The van der Waals surface area contributed by atoms with Crippen molar-refractivity contribution in [1.29, 1.82) is 0 Å². The average molecular weight is 302 g/mol. The molecule has 0 atom stereocenters. The van der Waals surface area contributed by atoms with Crippen LogP contribution >= 0.6 is 27.3 Å². The molecule has 16 heavy (non-hydrogen) atoms. The van der Waals surface area contributed by atoms with E-state index in [9.17, 15) is 4.79 Å². The Hall–Kier alpha value is -1.34. The summed E-state index contributed by atoms with van der Waals surface area (Å²) in [6.07, 6.45) is 1.52. The number of thiophene rings is 1. The fourth-order valence-electron chi connectivity index (χ4n) is 1.28. The van der Waals surface area contributed by atoms with Crippen molar-refractivity contribution in [2.24, 2.45) is 0 Å². The number of hydrogen-bond donors (Lipinski definition) is 2. The number of carboxylic acids is 1. The Morgan fingerprint density at radius 3 is 2.88 bits per heavy atom. The van der Waals surface area contributed by atoms with Crippen LogP contribution in [0.25, 0.3) is 0 Å². The van der Waals surface area contributed by atoms with Gasteiger partial charge in [0.15, 0.2) is 5.69 Å². The van der Waals surface area contributed by atoms with Gasteiger partial charge in [-0.15, -0.1) is 11.3 Å². The Labute approximate surface area is 104 Å². The molecule has 0 spiro atoms. The number of nitrogens with zero attached hydrogens (tertiary/aromatic N) is 2. The van der Waals surface area contributed by atoms with Crippen LogP contribution in [0, 0.1) is 0 Å². The first-order valence-electron chi connectivity index (χ1n) is 4.36. The molecule has 0 saturated carbocycles. The van der Waals surface area contributed by atoms with E-state index in [2.05, 4.69) is 21.0 Å². The topological polar surface area (TPSA) is 81.1 Å². The van der Waals surface area contributed by atoms with Gasteiger partial charge in [0.2, 0.25) is 0 Å². The summed E-state index contributed by atoms with van der Waals surface area (Å²) in [4.78, 5) is 11.8. The molecule has 0 aliphatic rings. The first-order chi connectivity index (χ1) is 7.56. The molecule has 0 unspecified atom stereocenters. The Morgan fingerprint density at radius 2 is 2.38 bits per heavy atom. The van der Waals surface area contributed by atoms with E-state index in [1.54, 1.807) is 11.3 Å². The molecular weight excluding hydrogens is 294 g/mol. The number of hydrogen-bond acceptors (Lipinski definition) is 4. The summed E-state index contributed by atoms with van der Waals surface area (Å²) in [5.41, 5.74) is 5.61. The smallest absolute Gasteiger partial charge is 0.358 e. The minimum atomic E-state index is -1.11. The van der Waals surface area contributed by atoms with E-state index >= 15 is 0 Å². The minimum Gasteiger partial charge on any atom is -0.476 e. The van der Waals surface area contributed by atoms with Crippen molar-refractivity contribution in [2.45, 2.75) is 6.54 Å². The summed E-state index contributed by atoms with van der Waals surface area (Å²) in [7, 11) is 0. The van der Waals surface area contributed by atoms with E-state index in [-0.39, 0.29) is 11.4 Å². The van der Waals surface area contributed by atoms with Crippen LogP contribution in [-0.4, -0.2) is 20.9 Å². The number of nitrogen functional groups attached to an aromatic ring is 1. The third-order valence-electron chi connectivity index (χ3n) is 1.94. The zero-order valence-corrected chi connectivity index (χ0v) is 10.5. The SMILES string of the molecule is Nc1cn(Cc2ccc(Br)s2)nc1C(=O)O. The van der Waals surface area contributed by atoms with Crippen molar-refractivity contribution in [1.82, 2.24) is 9.78 Å². The summed E-state index contributed by atoms with van der Waals surface area (Å²) in [6.45, 7) is 0.522. The van der Waals surface area contributed by atoms with Gasteiger partial charge in [-0.1, -0.05) is 0 Å². The molecule has 0 aliphatic carbocycles. The highest BCUT2D eigenvalue weighted by Gasteiger charge is 2.13. The van der Waals surface area contributed by atoms with Gasteiger partial charge in [-0.3, -0.25) is 4.68 Å². The van der Waals surface area contributed by atoms with Crippen molar-refractivity contribution in [2.75, 3.05) is 5.73 Å². The van der Waals surface area contributed by atoms with E-state index in [1.807, 2.05) is 12.1 Å². The van der Waals surface area contributed by atoms with Gasteiger partial charge in [-0.25, -0.2) is 4.79 Å². The maximum atomic E-state index is 10.7. The maximum Gasteiger partial charge on any atom is 0.358 e. The van der Waals surface area contributed by atoms with Gasteiger partial charge in [0.05, 0.1) is 16.0 Å². The second-order valence-electron chi connectivity index (χ2n) is 3.14. The molecule has 2 aromatic heterocycles. The molecule has 3 N–H and O–H groups in total. The fraction of sp³-hybridized carbons (Fsp3) is 0.111. The number of aromatic carboxylic acids is 1. The third kappa shape index (κ3) is 2.25. The number of carboxylic acid groups (broad SMARTS) is 1. The van der Waals surface area contributed by atoms with Crippen molar-refractivity contribution in [3.8, 4) is 0 Å². The van der Waals surface area contributed by atoms with Gasteiger partial charge in [-0.05, 0) is 28.1 Å². The molecule has 7 heteroatoms. The molecular formula is C9H8BrN3O2S. The molecule has 84 valence electrons. The molecule has 5 nitrogen and oxygen atoms in total. The number of aromatic nitrogens is 2. The van der Waals surface area contributed by atoms with Crippen LogP contribution in [0.2, 0.25) is 0 Å². The van der Waals surface area contributed by atoms with Crippen LogP contribution in [0.5, 0.6) is 0 Å². The lowest BCUT2D eigenvalue weighted by Crippen LogP contribution is -2.03. The molecule has 2 aromatic rings. The van der Waals surface area contributed by atoms with Crippen LogP contribution in [0.4, 0.5) is 5.69 Å². The number of rotatable bonds is 3. The Balaban J connectivity index is 2.22. The van der Waals surface area contributed by atoms with Crippen molar-refractivity contribution in [3.05, 3.63) is 32.7 Å². The predicted octanol–water partition coefficient (Wildman–Crippen LogP) is 2.04. The van der Waals surface area contributed by atoms with Gasteiger partial charge in [0, 0.05) is 11.1 Å². The minimum absolute atomic E-state index is 0.101. The molecule has 2 rings (SSSR count). The van der Waals surface area contributed by atoms with E-state index < -0.39 is 5.97 Å². The third-order valence-corrected chi connectivity index (χ3v) is 3.55. The van der Waals surface area contributed by atoms with Gasteiger partial charge in [-0.2, -0.15) is 5.10 Å². The molecule has 0 radical (unpaired) electrons. The fourth-order valence-corrected chi connectivity index (χ4v) is 2.76. The lowest BCUT2D eigenvalue weighted by atomic mass is 10.4. The summed E-state index contributed by atoms with van der Waals surface area (Å²) in [5, 5.41) is 12.7. The first kappa shape index (κ1) is 11.2. The Kier molecular flexibility index (Phi) is 2.97. The van der Waals surface area contributed by atoms with Gasteiger partial charge >= 0.3 is 5.97 Å². The Morgan fingerprint density at radius 1 is 1.62 bits per heavy atom. The summed E-state index contributed by atoms with van der Waals surface area (Å²) < 4.78 is 2.55. The highest BCUT2D eigenvalue weighted by Crippen LogP contribution is 2.23. The number of carbonyl (C=O) groups is 1. The van der Waals surface area contributed by atoms with E-state index in [1.165, 1.54) is 10.9 Å². The van der Waals surface area contributed by atoms with E-state index in [0.717, 1.165) is 8.66 Å². The van der Waals surface area contributed by atoms with Crippen LogP contribution < -0.4 is 5.73 Å². The van der Waals surface area contributed by atoms with Gasteiger partial charge < -0.3 is 10.8 Å². The van der Waals surface area contributed by atoms with Crippen molar-refractivity contribution >= 4 is 38.9 Å². The first-order valence-corrected chi connectivity index (χ1v) is 5.97. The second-order valence-corrected chi connectivity index (χ2v) is 5.69. The van der Waals surface area contributed by atoms with Crippen LogP contribution in [0.3, 0.4) is 0 Å². The predicted molar refractivity (Wildman–Crippen MR) is 64.7 cm³/mol. The molecule has 0 saturated heterocycles. The van der Waals surface area contributed by atoms with Gasteiger partial charge in [0.25, 0.3) is 0 Å². The summed E-state index contributed by atoms with van der Waals surface area (Å²) in [5.74, 6) is -1.11. The number of halogens is 1. The van der Waals surface area contributed by atoms with Crippen LogP contribution in [0.15, 0.2) is 22.1 Å². The largest absolute Gasteiger partial charge is 0.476 e. The average Bonchev–Trinajstić information content (AvgIpc) is 2.73. The zero-order chi connectivity index (χ0) is 11.7. The lowest BCUT2D eigenvalue weighted by Gasteiger charge is -1.96. The standard InChI is InChI=1S/C9H8BrN3O2S/c10-7-2-1-5(16-7)3-13-4-6(11)8(12-13)9(14)15/h1-2,4H,3,11H2,(H,14,15). The molecule has 0 bridgehead atoms. The van der Waals surface area contributed by atoms with Crippen molar-refractivity contribution < 1.29 is 9.90 Å². The molecule has 2 heterocycles. The quantitative estimate of drug-likeness (QED) is 0.909. The molecule has 0 amide bonds. The highest BCUT2D eigenvalue weighted by atomic mass is 79.9. The maximum absolute atomic E-state index is 10.7. The zero-order valence-electron chi connectivity index (χ0n) is 8.05. The van der Waals surface area contributed by atoms with Crippen molar-refractivity contribution in [3.63, 3.8) is 0 Å². The van der Waals surface area contributed by atoms with E-state index in [0.29, 0.717) is 6.54 Å². The van der Waals surface area contributed by atoms with Crippen LogP contribution in [-0.2, 0) is 6.54 Å². The second kappa shape index (κ2) is 4.26. The monoisotopic (exact) mass is 301 g/mol. The molecule has 0 aromatic carbocycles. The summed E-state index contributed by atoms with van der Waals surface area (Å²) >= 11 is 4.93. The molecule has 0 fully saturated rings. The highest BCUT2D eigenvalue weighted by molar-refractivity contribution is 9.11. The Bertz CT molecular complexity index is 535. The number of anilines is 1. The van der Waals surface area contributed by atoms with Crippen LogP contribution in [0.1, 0.15) is 15.4 Å². The number of nitrogens with two attached hydrogens (primary N) is 1.